The highest BCUT2D eigenvalue weighted by atomic mass is 19.1. The van der Waals surface area contributed by atoms with E-state index in [4.69, 9.17) is 4.98 Å². The van der Waals surface area contributed by atoms with Crippen molar-refractivity contribution in [2.45, 2.75) is 19.3 Å². The molecule has 0 bridgehead atoms. The first-order valence-corrected chi connectivity index (χ1v) is 12.7. The molecule has 6 rings (SSSR count). The lowest BCUT2D eigenvalue weighted by atomic mass is 9.83. The quantitative estimate of drug-likeness (QED) is 0.465. The van der Waals surface area contributed by atoms with Crippen LogP contribution < -0.4 is 15.8 Å². The van der Waals surface area contributed by atoms with Crippen LogP contribution in [-0.2, 0) is 7.05 Å². The van der Waals surface area contributed by atoms with E-state index in [1.807, 2.05) is 31.3 Å². The standard InChI is InChI=1S/C28H28FN7O/c1-34-25-7-6-23(11-22(25)16-32-34)36-27(37)13-26(33-28(36)18-4-5-19(14-30)24(29)12-18)35-10-8-20-15-31-9-2-3-21(20)17-35/h4-7,11-13,16,20-21,31H,2-3,8-10,15,17H2,1H3. The fraction of sp³-hybridized carbons (Fsp3) is 0.357. The number of aryl methyl sites for hydroxylation is 1. The Morgan fingerprint density at radius 3 is 2.86 bits per heavy atom. The molecule has 0 saturated carbocycles. The molecule has 188 valence electrons. The van der Waals surface area contributed by atoms with Gasteiger partial charge < -0.3 is 10.2 Å². The van der Waals surface area contributed by atoms with Gasteiger partial charge >= 0.3 is 0 Å². The summed E-state index contributed by atoms with van der Waals surface area (Å²) in [6, 6.07) is 13.5. The number of aromatic nitrogens is 4. The van der Waals surface area contributed by atoms with Crippen molar-refractivity contribution < 1.29 is 4.39 Å². The number of benzene rings is 2. The third-order valence-corrected chi connectivity index (χ3v) is 7.79. The van der Waals surface area contributed by atoms with Gasteiger partial charge in [0.15, 0.2) is 0 Å². The van der Waals surface area contributed by atoms with Crippen molar-refractivity contribution in [3.05, 3.63) is 70.4 Å². The Bertz CT molecular complexity index is 1580. The second-order valence-corrected chi connectivity index (χ2v) is 10.0. The molecule has 2 aliphatic rings. The largest absolute Gasteiger partial charge is 0.356 e. The first kappa shape index (κ1) is 23.4. The Hall–Kier alpha value is -4.03. The Morgan fingerprint density at radius 1 is 1.14 bits per heavy atom. The molecule has 1 N–H and O–H groups in total. The van der Waals surface area contributed by atoms with Crippen LogP contribution in [0.25, 0.3) is 28.0 Å². The van der Waals surface area contributed by atoms with Crippen LogP contribution in [0.15, 0.2) is 53.5 Å². The first-order chi connectivity index (χ1) is 18.0. The summed E-state index contributed by atoms with van der Waals surface area (Å²) in [7, 11) is 1.86. The number of nitrogens with one attached hydrogen (secondary N) is 1. The van der Waals surface area contributed by atoms with Gasteiger partial charge in [-0.1, -0.05) is 0 Å². The number of hydrogen-bond acceptors (Lipinski definition) is 6. The number of fused-ring (bicyclic) bond motifs is 2. The second kappa shape index (κ2) is 9.45. The number of anilines is 1. The zero-order valence-corrected chi connectivity index (χ0v) is 20.7. The molecule has 0 aliphatic carbocycles. The maximum Gasteiger partial charge on any atom is 0.260 e. The maximum atomic E-state index is 14.7. The van der Waals surface area contributed by atoms with Gasteiger partial charge in [-0.25, -0.2) is 9.37 Å². The molecule has 2 aromatic carbocycles. The minimum Gasteiger partial charge on any atom is -0.356 e. The van der Waals surface area contributed by atoms with Gasteiger partial charge in [0, 0.05) is 37.2 Å². The number of nitrogens with zero attached hydrogens (tertiary/aromatic N) is 6. The number of nitriles is 1. The molecular weight excluding hydrogens is 469 g/mol. The average Bonchev–Trinajstić information content (AvgIpc) is 3.12. The predicted molar refractivity (Wildman–Crippen MR) is 140 cm³/mol. The van der Waals surface area contributed by atoms with Crippen LogP contribution in [0.1, 0.15) is 24.8 Å². The molecule has 8 nitrogen and oxygen atoms in total. The molecule has 4 aromatic rings. The Kier molecular flexibility index (Phi) is 5.97. The smallest absolute Gasteiger partial charge is 0.260 e. The summed E-state index contributed by atoms with van der Waals surface area (Å²) in [5.41, 5.74) is 1.72. The van der Waals surface area contributed by atoms with Crippen LogP contribution in [0.5, 0.6) is 0 Å². The lowest BCUT2D eigenvalue weighted by molar-refractivity contribution is 0.275. The van der Waals surface area contributed by atoms with Gasteiger partial charge in [0.25, 0.3) is 5.56 Å². The molecule has 9 heteroatoms. The van der Waals surface area contributed by atoms with Crippen molar-refractivity contribution >= 4 is 16.7 Å². The number of piperidine rings is 1. The first-order valence-electron chi connectivity index (χ1n) is 12.7. The summed E-state index contributed by atoms with van der Waals surface area (Å²) in [4.78, 5) is 20.8. The van der Waals surface area contributed by atoms with Crippen LogP contribution in [0.3, 0.4) is 0 Å². The van der Waals surface area contributed by atoms with Crippen molar-refractivity contribution in [3.8, 4) is 23.1 Å². The van der Waals surface area contributed by atoms with Crippen LogP contribution in [0.4, 0.5) is 10.2 Å². The van der Waals surface area contributed by atoms with E-state index in [9.17, 15) is 14.4 Å². The molecule has 2 atom stereocenters. The Morgan fingerprint density at radius 2 is 2.03 bits per heavy atom. The van der Waals surface area contributed by atoms with Gasteiger partial charge in [0.1, 0.15) is 23.5 Å². The van der Waals surface area contributed by atoms with Crippen molar-refractivity contribution in [1.29, 1.82) is 5.26 Å². The molecular formula is C28H28FN7O. The van der Waals surface area contributed by atoms with Gasteiger partial charge in [-0.05, 0) is 80.6 Å². The van der Waals surface area contributed by atoms with E-state index < -0.39 is 5.82 Å². The number of halogens is 1. The van der Waals surface area contributed by atoms with E-state index in [1.165, 1.54) is 16.7 Å². The van der Waals surface area contributed by atoms with E-state index in [2.05, 4.69) is 15.3 Å². The molecule has 2 aliphatic heterocycles. The Labute approximate surface area is 214 Å². The van der Waals surface area contributed by atoms with E-state index >= 15 is 0 Å². The van der Waals surface area contributed by atoms with Gasteiger partial charge in [-0.2, -0.15) is 10.4 Å². The van der Waals surface area contributed by atoms with Crippen molar-refractivity contribution in [3.63, 3.8) is 0 Å². The highest BCUT2D eigenvalue weighted by molar-refractivity contribution is 5.81. The third kappa shape index (κ3) is 4.27. The molecule has 2 unspecified atom stereocenters. The Balaban J connectivity index is 1.48. The van der Waals surface area contributed by atoms with Gasteiger partial charge in [0.2, 0.25) is 0 Å². The normalized spacial score (nSPS) is 19.9. The van der Waals surface area contributed by atoms with Gasteiger partial charge in [-0.3, -0.25) is 14.0 Å². The molecule has 0 spiro atoms. The number of rotatable bonds is 3. The SMILES string of the molecule is Cn1ncc2cc(-n3c(-c4ccc(C#N)c(F)c4)nc(N4CCC5CNCCCC5C4)cc3=O)ccc21. The fourth-order valence-corrected chi connectivity index (χ4v) is 5.77. The third-order valence-electron chi connectivity index (χ3n) is 7.79. The van der Waals surface area contributed by atoms with Crippen LogP contribution in [0, 0.1) is 29.0 Å². The summed E-state index contributed by atoms with van der Waals surface area (Å²) in [5, 5.41) is 17.9. The monoisotopic (exact) mass is 497 g/mol. The van der Waals surface area contributed by atoms with Crippen molar-refractivity contribution in [2.24, 2.45) is 18.9 Å². The van der Waals surface area contributed by atoms with Crippen LogP contribution in [-0.4, -0.2) is 45.5 Å². The second-order valence-electron chi connectivity index (χ2n) is 10.0. The minimum atomic E-state index is -0.638. The van der Waals surface area contributed by atoms with E-state index in [0.717, 1.165) is 56.3 Å². The molecule has 2 fully saturated rings. The predicted octanol–water partition coefficient (Wildman–Crippen LogP) is 3.62. The minimum absolute atomic E-state index is 0.0466. The summed E-state index contributed by atoms with van der Waals surface area (Å²) >= 11 is 0. The highest BCUT2D eigenvalue weighted by Crippen LogP contribution is 2.32. The average molecular weight is 498 g/mol. The zero-order chi connectivity index (χ0) is 25.5. The molecule has 0 amide bonds. The topological polar surface area (TPSA) is 91.8 Å². The van der Waals surface area contributed by atoms with E-state index in [-0.39, 0.29) is 11.1 Å². The van der Waals surface area contributed by atoms with Crippen molar-refractivity contribution in [1.82, 2.24) is 24.6 Å². The zero-order valence-electron chi connectivity index (χ0n) is 20.7. The van der Waals surface area contributed by atoms with Crippen LogP contribution in [0.2, 0.25) is 0 Å². The van der Waals surface area contributed by atoms with Gasteiger partial charge in [-0.15, -0.1) is 0 Å². The molecule has 2 saturated heterocycles. The molecule has 37 heavy (non-hydrogen) atoms. The molecule has 0 radical (unpaired) electrons. The van der Waals surface area contributed by atoms with E-state index in [0.29, 0.717) is 34.7 Å². The summed E-state index contributed by atoms with van der Waals surface area (Å²) in [5.74, 6) is 1.51. The summed E-state index contributed by atoms with van der Waals surface area (Å²) < 4.78 is 18.0. The highest BCUT2D eigenvalue weighted by Gasteiger charge is 2.31. The van der Waals surface area contributed by atoms with Gasteiger partial charge in [0.05, 0.1) is 23.0 Å². The maximum absolute atomic E-state index is 14.7. The number of hydrogen-bond donors (Lipinski definition) is 1. The fourth-order valence-electron chi connectivity index (χ4n) is 5.77. The lowest BCUT2D eigenvalue weighted by Gasteiger charge is -2.38. The van der Waals surface area contributed by atoms with Crippen molar-refractivity contribution in [2.75, 3.05) is 31.1 Å². The molecule has 2 aromatic heterocycles. The summed E-state index contributed by atoms with van der Waals surface area (Å²) in [6.45, 7) is 3.77. The van der Waals surface area contributed by atoms with Crippen LogP contribution >= 0.6 is 0 Å². The molecule has 4 heterocycles. The lowest BCUT2D eigenvalue weighted by Crippen LogP contribution is -2.43. The van der Waals surface area contributed by atoms with E-state index in [1.54, 1.807) is 23.0 Å². The summed E-state index contributed by atoms with van der Waals surface area (Å²) in [6.07, 6.45) is 5.10.